The predicted molar refractivity (Wildman–Crippen MR) is 72.3 cm³/mol. The van der Waals surface area contributed by atoms with E-state index in [0.29, 0.717) is 5.92 Å². The molecule has 0 amide bonds. The molecule has 96 valence electrons. The summed E-state index contributed by atoms with van der Waals surface area (Å²) in [6, 6.07) is 6.26. The Morgan fingerprint density at radius 1 is 1.41 bits per heavy atom. The number of benzene rings is 1. The summed E-state index contributed by atoms with van der Waals surface area (Å²) in [6.07, 6.45) is 1.07. The third kappa shape index (κ3) is 4.75. The molecule has 1 rings (SSSR count). The van der Waals surface area contributed by atoms with Gasteiger partial charge in [0.2, 0.25) is 0 Å². The second-order valence-corrected chi connectivity index (χ2v) is 4.63. The van der Waals surface area contributed by atoms with Crippen LogP contribution in [0.4, 0.5) is 0 Å². The molecule has 3 nitrogen and oxygen atoms in total. The van der Waals surface area contributed by atoms with Gasteiger partial charge < -0.3 is 15.8 Å². The van der Waals surface area contributed by atoms with Crippen LogP contribution in [0.1, 0.15) is 24.5 Å². The van der Waals surface area contributed by atoms with Crippen LogP contribution < -0.4 is 15.8 Å². The van der Waals surface area contributed by atoms with Gasteiger partial charge in [0.15, 0.2) is 0 Å². The lowest BCUT2D eigenvalue weighted by atomic mass is 10.1. The molecule has 0 aromatic heterocycles. The minimum absolute atomic E-state index is 0.621. The Labute approximate surface area is 104 Å². The summed E-state index contributed by atoms with van der Waals surface area (Å²) in [6.45, 7) is 6.91. The van der Waals surface area contributed by atoms with Crippen molar-refractivity contribution in [1.82, 2.24) is 5.32 Å². The molecule has 1 aromatic carbocycles. The fourth-order valence-electron chi connectivity index (χ4n) is 1.89. The Bertz CT molecular complexity index is 339. The fourth-order valence-corrected chi connectivity index (χ4v) is 1.89. The first kappa shape index (κ1) is 14.0. The minimum Gasteiger partial charge on any atom is -0.496 e. The Morgan fingerprint density at radius 3 is 2.82 bits per heavy atom. The van der Waals surface area contributed by atoms with Gasteiger partial charge in [0.1, 0.15) is 5.75 Å². The third-order valence-electron chi connectivity index (χ3n) is 2.90. The highest BCUT2D eigenvalue weighted by atomic mass is 16.5. The highest BCUT2D eigenvalue weighted by molar-refractivity contribution is 5.36. The largest absolute Gasteiger partial charge is 0.496 e. The standard InChI is InChI=1S/C14H24N2O/c1-11-4-5-14(17-3)13(8-11)10-16-9-12(2)6-7-15/h4-5,8,12,16H,6-7,9-10,15H2,1-3H3. The molecule has 0 aliphatic carbocycles. The van der Waals surface area contributed by atoms with Gasteiger partial charge in [0.25, 0.3) is 0 Å². The molecular formula is C14H24N2O. The van der Waals surface area contributed by atoms with E-state index < -0.39 is 0 Å². The minimum atomic E-state index is 0.621. The van der Waals surface area contributed by atoms with Crippen LogP contribution in [0, 0.1) is 12.8 Å². The van der Waals surface area contributed by atoms with Gasteiger partial charge in [-0.3, -0.25) is 0 Å². The maximum Gasteiger partial charge on any atom is 0.123 e. The van der Waals surface area contributed by atoms with E-state index in [9.17, 15) is 0 Å². The molecule has 0 saturated carbocycles. The molecule has 0 aliphatic rings. The Hall–Kier alpha value is -1.06. The van der Waals surface area contributed by atoms with Crippen LogP contribution in [-0.2, 0) is 6.54 Å². The summed E-state index contributed by atoms with van der Waals surface area (Å²) in [5.41, 5.74) is 8.01. The first-order valence-corrected chi connectivity index (χ1v) is 6.21. The van der Waals surface area contributed by atoms with E-state index in [1.807, 2.05) is 6.07 Å². The monoisotopic (exact) mass is 236 g/mol. The zero-order valence-corrected chi connectivity index (χ0v) is 11.1. The number of nitrogens with two attached hydrogens (primary N) is 1. The van der Waals surface area contributed by atoms with E-state index in [4.69, 9.17) is 10.5 Å². The zero-order valence-electron chi connectivity index (χ0n) is 11.1. The molecule has 3 heteroatoms. The predicted octanol–water partition coefficient (Wildman–Crippen LogP) is 2.08. The molecule has 0 heterocycles. The molecule has 0 saturated heterocycles. The van der Waals surface area contributed by atoms with Crippen LogP contribution in [0.5, 0.6) is 5.75 Å². The summed E-state index contributed by atoms with van der Waals surface area (Å²) < 4.78 is 5.35. The molecule has 1 atom stereocenters. The second kappa shape index (κ2) is 7.30. The first-order valence-electron chi connectivity index (χ1n) is 6.21. The number of ether oxygens (including phenoxy) is 1. The highest BCUT2D eigenvalue weighted by Gasteiger charge is 2.04. The summed E-state index contributed by atoms with van der Waals surface area (Å²) >= 11 is 0. The van der Waals surface area contributed by atoms with E-state index in [0.717, 1.165) is 31.8 Å². The maximum absolute atomic E-state index is 5.53. The quantitative estimate of drug-likeness (QED) is 0.762. The van der Waals surface area contributed by atoms with Gasteiger partial charge in [0, 0.05) is 12.1 Å². The lowest BCUT2D eigenvalue weighted by molar-refractivity contribution is 0.405. The van der Waals surface area contributed by atoms with Gasteiger partial charge >= 0.3 is 0 Å². The van der Waals surface area contributed by atoms with Crippen LogP contribution in [0.3, 0.4) is 0 Å². The summed E-state index contributed by atoms with van der Waals surface area (Å²) in [4.78, 5) is 0. The molecule has 0 aliphatic heterocycles. The van der Waals surface area contributed by atoms with E-state index in [1.54, 1.807) is 7.11 Å². The third-order valence-corrected chi connectivity index (χ3v) is 2.90. The molecule has 0 radical (unpaired) electrons. The number of hydrogen-bond acceptors (Lipinski definition) is 3. The highest BCUT2D eigenvalue weighted by Crippen LogP contribution is 2.19. The van der Waals surface area contributed by atoms with E-state index >= 15 is 0 Å². The second-order valence-electron chi connectivity index (χ2n) is 4.63. The maximum atomic E-state index is 5.53. The molecule has 1 unspecified atom stereocenters. The molecular weight excluding hydrogens is 212 g/mol. The van der Waals surface area contributed by atoms with Crippen LogP contribution in [0.15, 0.2) is 18.2 Å². The Morgan fingerprint density at radius 2 is 2.18 bits per heavy atom. The first-order chi connectivity index (χ1) is 8.17. The van der Waals surface area contributed by atoms with Crippen molar-refractivity contribution in [2.75, 3.05) is 20.2 Å². The van der Waals surface area contributed by atoms with Crippen LogP contribution in [0.2, 0.25) is 0 Å². The van der Waals surface area contributed by atoms with Crippen molar-refractivity contribution in [3.05, 3.63) is 29.3 Å². The topological polar surface area (TPSA) is 47.3 Å². The van der Waals surface area contributed by atoms with Gasteiger partial charge in [-0.25, -0.2) is 0 Å². The molecule has 3 N–H and O–H groups in total. The lowest BCUT2D eigenvalue weighted by Crippen LogP contribution is -2.22. The Balaban J connectivity index is 2.48. The van der Waals surface area contributed by atoms with Gasteiger partial charge in [0.05, 0.1) is 7.11 Å². The van der Waals surface area contributed by atoms with E-state index in [-0.39, 0.29) is 0 Å². The van der Waals surface area contributed by atoms with Crippen molar-refractivity contribution in [1.29, 1.82) is 0 Å². The number of rotatable bonds is 7. The normalized spacial score (nSPS) is 12.5. The number of nitrogens with one attached hydrogen (secondary N) is 1. The molecule has 0 bridgehead atoms. The smallest absolute Gasteiger partial charge is 0.123 e. The van der Waals surface area contributed by atoms with Gasteiger partial charge in [-0.15, -0.1) is 0 Å². The van der Waals surface area contributed by atoms with E-state index in [2.05, 4.69) is 31.3 Å². The summed E-state index contributed by atoms with van der Waals surface area (Å²) in [7, 11) is 1.71. The lowest BCUT2D eigenvalue weighted by Gasteiger charge is -2.13. The van der Waals surface area contributed by atoms with Crippen LogP contribution in [0.25, 0.3) is 0 Å². The van der Waals surface area contributed by atoms with E-state index in [1.165, 1.54) is 11.1 Å². The molecule has 1 aromatic rings. The average molecular weight is 236 g/mol. The SMILES string of the molecule is COc1ccc(C)cc1CNCC(C)CCN. The van der Waals surface area contributed by atoms with Crippen molar-refractivity contribution in [2.24, 2.45) is 11.7 Å². The van der Waals surface area contributed by atoms with Gasteiger partial charge in [-0.2, -0.15) is 0 Å². The van der Waals surface area contributed by atoms with Crippen molar-refractivity contribution in [2.45, 2.75) is 26.8 Å². The van der Waals surface area contributed by atoms with Crippen molar-refractivity contribution in [3.8, 4) is 5.75 Å². The van der Waals surface area contributed by atoms with Gasteiger partial charge in [-0.1, -0.05) is 24.6 Å². The van der Waals surface area contributed by atoms with Crippen molar-refractivity contribution >= 4 is 0 Å². The Kier molecular flexibility index (Phi) is 6.01. The average Bonchev–Trinajstić information content (AvgIpc) is 2.30. The van der Waals surface area contributed by atoms with Crippen LogP contribution in [-0.4, -0.2) is 20.2 Å². The fraction of sp³-hybridized carbons (Fsp3) is 0.571. The molecule has 17 heavy (non-hydrogen) atoms. The van der Waals surface area contributed by atoms with Crippen LogP contribution >= 0.6 is 0 Å². The number of methoxy groups -OCH3 is 1. The zero-order chi connectivity index (χ0) is 12.7. The van der Waals surface area contributed by atoms with Crippen molar-refractivity contribution < 1.29 is 4.74 Å². The number of aryl methyl sites for hydroxylation is 1. The molecule has 0 spiro atoms. The summed E-state index contributed by atoms with van der Waals surface area (Å²) in [5, 5.41) is 3.45. The van der Waals surface area contributed by atoms with Crippen molar-refractivity contribution in [3.63, 3.8) is 0 Å². The summed E-state index contributed by atoms with van der Waals surface area (Å²) in [5.74, 6) is 1.57. The van der Waals surface area contributed by atoms with Gasteiger partial charge in [-0.05, 0) is 38.4 Å². The molecule has 0 fully saturated rings. The number of hydrogen-bond donors (Lipinski definition) is 2.